The van der Waals surface area contributed by atoms with E-state index >= 15 is 0 Å². The number of carbonyl (C=O) groups is 2. The van der Waals surface area contributed by atoms with Crippen molar-refractivity contribution < 1.29 is 9.59 Å². The lowest BCUT2D eigenvalue weighted by Crippen LogP contribution is -2.32. The number of hydrogen-bond donors (Lipinski definition) is 2. The van der Waals surface area contributed by atoms with Gasteiger partial charge in [-0.05, 0) is 50.3 Å². The third-order valence-electron chi connectivity index (χ3n) is 5.11. The quantitative estimate of drug-likeness (QED) is 0.875. The predicted octanol–water partition coefficient (Wildman–Crippen LogP) is 2.66. The number of rotatable bonds is 4. The summed E-state index contributed by atoms with van der Waals surface area (Å²) in [5, 5.41) is 2.98. The van der Waals surface area contributed by atoms with Crippen LogP contribution < -0.4 is 11.1 Å². The molecule has 1 aliphatic carbocycles. The largest absolute Gasteiger partial charge is 0.339 e. The van der Waals surface area contributed by atoms with Crippen LogP contribution in [-0.4, -0.2) is 36.3 Å². The van der Waals surface area contributed by atoms with Gasteiger partial charge in [0.15, 0.2) is 0 Å². The molecule has 5 nitrogen and oxygen atoms in total. The third-order valence-corrected chi connectivity index (χ3v) is 5.11. The number of para-hydroxylation sites is 1. The molecule has 1 aromatic carbocycles. The second-order valence-corrected chi connectivity index (χ2v) is 6.57. The molecule has 2 amide bonds. The number of carbonyl (C=O) groups excluding carboxylic acids is 2. The van der Waals surface area contributed by atoms with Gasteiger partial charge in [-0.1, -0.05) is 18.6 Å². The van der Waals surface area contributed by atoms with E-state index in [-0.39, 0.29) is 36.1 Å². The van der Waals surface area contributed by atoms with E-state index < -0.39 is 0 Å². The normalized spacial score (nSPS) is 23.0. The summed E-state index contributed by atoms with van der Waals surface area (Å²) in [6.07, 6.45) is 5.06. The van der Waals surface area contributed by atoms with Crippen molar-refractivity contribution in [2.45, 2.75) is 32.1 Å². The molecule has 3 rings (SSSR count). The van der Waals surface area contributed by atoms with Crippen LogP contribution in [0.25, 0.3) is 0 Å². The molecular weight excluding hydrogens is 326 g/mol. The van der Waals surface area contributed by atoms with Crippen LogP contribution in [0.2, 0.25) is 0 Å². The Kier molecular flexibility index (Phi) is 6.63. The first-order valence-corrected chi connectivity index (χ1v) is 8.60. The van der Waals surface area contributed by atoms with Crippen LogP contribution in [-0.2, 0) is 4.79 Å². The van der Waals surface area contributed by atoms with Crippen LogP contribution in [0, 0.1) is 11.8 Å². The van der Waals surface area contributed by atoms with E-state index in [0.717, 1.165) is 45.2 Å². The monoisotopic (exact) mass is 351 g/mol. The second-order valence-electron chi connectivity index (χ2n) is 6.57. The summed E-state index contributed by atoms with van der Waals surface area (Å²) in [6, 6.07) is 7.31. The van der Waals surface area contributed by atoms with E-state index in [1.807, 2.05) is 23.1 Å². The Hall–Kier alpha value is -1.59. The van der Waals surface area contributed by atoms with E-state index in [0.29, 0.717) is 17.8 Å². The SMILES string of the molecule is Cl.NC[C@H]1CCC[C@H]1C(=O)Nc1ccccc1C(=O)N1CCCC1. The summed E-state index contributed by atoms with van der Waals surface area (Å²) in [7, 11) is 0. The van der Waals surface area contributed by atoms with Crippen LogP contribution in [0.15, 0.2) is 24.3 Å². The Labute approximate surface area is 149 Å². The van der Waals surface area contributed by atoms with Gasteiger partial charge in [-0.25, -0.2) is 0 Å². The Morgan fingerprint density at radius 2 is 1.83 bits per heavy atom. The minimum Gasteiger partial charge on any atom is -0.339 e. The van der Waals surface area contributed by atoms with Gasteiger partial charge in [-0.15, -0.1) is 12.4 Å². The average molecular weight is 352 g/mol. The van der Waals surface area contributed by atoms with Gasteiger partial charge in [0, 0.05) is 19.0 Å². The molecule has 2 fully saturated rings. The van der Waals surface area contributed by atoms with Gasteiger partial charge in [0.2, 0.25) is 5.91 Å². The molecule has 0 bridgehead atoms. The minimum absolute atomic E-state index is 0. The molecule has 1 saturated carbocycles. The van der Waals surface area contributed by atoms with Crippen molar-refractivity contribution >= 4 is 29.9 Å². The first kappa shape index (κ1) is 18.7. The number of nitrogens with two attached hydrogens (primary N) is 1. The van der Waals surface area contributed by atoms with Gasteiger partial charge in [-0.3, -0.25) is 9.59 Å². The van der Waals surface area contributed by atoms with Gasteiger partial charge in [-0.2, -0.15) is 0 Å². The number of anilines is 1. The maximum Gasteiger partial charge on any atom is 0.255 e. The summed E-state index contributed by atoms with van der Waals surface area (Å²) in [6.45, 7) is 2.16. The van der Waals surface area contributed by atoms with Crippen molar-refractivity contribution in [3.63, 3.8) is 0 Å². The lowest BCUT2D eigenvalue weighted by molar-refractivity contribution is -0.120. The van der Waals surface area contributed by atoms with Gasteiger partial charge in [0.1, 0.15) is 0 Å². The van der Waals surface area contributed by atoms with E-state index in [2.05, 4.69) is 5.32 Å². The maximum absolute atomic E-state index is 12.6. The Morgan fingerprint density at radius 3 is 2.54 bits per heavy atom. The fourth-order valence-corrected chi connectivity index (χ4v) is 3.76. The topological polar surface area (TPSA) is 75.4 Å². The number of halogens is 1. The lowest BCUT2D eigenvalue weighted by atomic mass is 9.95. The Morgan fingerprint density at radius 1 is 1.12 bits per heavy atom. The van der Waals surface area contributed by atoms with Crippen molar-refractivity contribution in [2.75, 3.05) is 25.0 Å². The summed E-state index contributed by atoms with van der Waals surface area (Å²) < 4.78 is 0. The molecule has 1 aliphatic heterocycles. The molecule has 24 heavy (non-hydrogen) atoms. The first-order valence-electron chi connectivity index (χ1n) is 8.60. The molecule has 0 radical (unpaired) electrons. The van der Waals surface area contributed by atoms with Gasteiger partial charge in [0.05, 0.1) is 11.3 Å². The number of nitrogens with one attached hydrogen (secondary N) is 1. The molecule has 2 aliphatic rings. The van der Waals surface area contributed by atoms with E-state index in [4.69, 9.17) is 5.73 Å². The van der Waals surface area contributed by atoms with E-state index in [1.165, 1.54) is 0 Å². The fraction of sp³-hybridized carbons (Fsp3) is 0.556. The highest BCUT2D eigenvalue weighted by Gasteiger charge is 2.32. The number of nitrogens with zero attached hydrogens (tertiary/aromatic N) is 1. The molecule has 0 aromatic heterocycles. The molecule has 1 aromatic rings. The van der Waals surface area contributed by atoms with Crippen molar-refractivity contribution in [3.05, 3.63) is 29.8 Å². The number of benzene rings is 1. The van der Waals surface area contributed by atoms with Crippen molar-refractivity contribution in [2.24, 2.45) is 17.6 Å². The zero-order valence-corrected chi connectivity index (χ0v) is 14.7. The predicted molar refractivity (Wildman–Crippen MR) is 97.3 cm³/mol. The number of likely N-dealkylation sites (tertiary alicyclic amines) is 1. The smallest absolute Gasteiger partial charge is 0.255 e. The van der Waals surface area contributed by atoms with Crippen molar-refractivity contribution in [3.8, 4) is 0 Å². The standard InChI is InChI=1S/C18H25N3O2.ClH/c19-12-13-6-5-8-14(13)17(22)20-16-9-2-1-7-15(16)18(23)21-10-3-4-11-21;/h1-2,7,9,13-14H,3-6,8,10-12,19H2,(H,20,22);1H/t13-,14-;/m1./s1. The molecular formula is C18H26ClN3O2. The van der Waals surface area contributed by atoms with Gasteiger partial charge < -0.3 is 16.0 Å². The molecule has 6 heteroatoms. The third kappa shape index (κ3) is 3.90. The number of hydrogen-bond acceptors (Lipinski definition) is 3. The second kappa shape index (κ2) is 8.49. The minimum atomic E-state index is -0.0325. The van der Waals surface area contributed by atoms with E-state index in [1.54, 1.807) is 6.07 Å². The first-order chi connectivity index (χ1) is 11.2. The zero-order chi connectivity index (χ0) is 16.2. The molecule has 0 unspecified atom stereocenters. The summed E-state index contributed by atoms with van der Waals surface area (Å²) in [5.41, 5.74) is 6.99. The Balaban J connectivity index is 0.00000208. The maximum atomic E-state index is 12.6. The number of amides is 2. The molecule has 132 valence electrons. The highest BCUT2D eigenvalue weighted by atomic mass is 35.5. The van der Waals surface area contributed by atoms with E-state index in [9.17, 15) is 9.59 Å². The van der Waals surface area contributed by atoms with Gasteiger partial charge in [0.25, 0.3) is 5.91 Å². The summed E-state index contributed by atoms with van der Waals surface area (Å²) >= 11 is 0. The van der Waals surface area contributed by atoms with Crippen molar-refractivity contribution in [1.29, 1.82) is 0 Å². The highest BCUT2D eigenvalue weighted by Crippen LogP contribution is 2.32. The lowest BCUT2D eigenvalue weighted by Gasteiger charge is -2.20. The van der Waals surface area contributed by atoms with Crippen molar-refractivity contribution in [1.82, 2.24) is 4.90 Å². The average Bonchev–Trinajstić information content (AvgIpc) is 3.26. The fourth-order valence-electron chi connectivity index (χ4n) is 3.76. The van der Waals surface area contributed by atoms with Crippen LogP contribution in [0.4, 0.5) is 5.69 Å². The highest BCUT2D eigenvalue weighted by molar-refractivity contribution is 6.04. The zero-order valence-electron chi connectivity index (χ0n) is 13.9. The van der Waals surface area contributed by atoms with Gasteiger partial charge >= 0.3 is 0 Å². The van der Waals surface area contributed by atoms with Crippen LogP contribution in [0.3, 0.4) is 0 Å². The molecule has 1 heterocycles. The van der Waals surface area contributed by atoms with Crippen LogP contribution in [0.5, 0.6) is 0 Å². The van der Waals surface area contributed by atoms with Crippen LogP contribution in [0.1, 0.15) is 42.5 Å². The molecule has 0 spiro atoms. The summed E-state index contributed by atoms with van der Waals surface area (Å²) in [5.74, 6) is 0.242. The molecule has 3 N–H and O–H groups in total. The Bertz CT molecular complexity index is 587. The summed E-state index contributed by atoms with van der Waals surface area (Å²) in [4.78, 5) is 27.1. The molecule has 1 saturated heterocycles. The van der Waals surface area contributed by atoms with Crippen LogP contribution >= 0.6 is 12.4 Å². The molecule has 2 atom stereocenters.